The normalized spacial score (nSPS) is 11.9. The maximum Gasteiger partial charge on any atom is 0.522 e. The smallest absolute Gasteiger partial charge is 0.368 e. The molecule has 0 unspecified atom stereocenters. The van der Waals surface area contributed by atoms with Crippen LogP contribution in [0.2, 0.25) is 0 Å². The van der Waals surface area contributed by atoms with Crippen molar-refractivity contribution in [2.75, 3.05) is 0 Å². The summed E-state index contributed by atoms with van der Waals surface area (Å²) in [6.07, 6.45) is 0. The SMILES string of the molecule is O=S(=O)(O)C(F)(F)F.O=S(=O)(Oc1cc(-c2ccccc2)cs1)c1ccccc1-c1ccccc1. The summed E-state index contributed by atoms with van der Waals surface area (Å²) in [5, 5.41) is 2.24. The van der Waals surface area contributed by atoms with Crippen LogP contribution in [0.1, 0.15) is 0 Å². The third-order valence-corrected chi connectivity index (χ3v) is 7.20. The van der Waals surface area contributed by atoms with Crippen LogP contribution in [0, 0.1) is 0 Å². The van der Waals surface area contributed by atoms with E-state index < -0.39 is 25.7 Å². The van der Waals surface area contributed by atoms with E-state index >= 15 is 0 Å². The van der Waals surface area contributed by atoms with Crippen LogP contribution in [-0.2, 0) is 20.2 Å². The van der Waals surface area contributed by atoms with Gasteiger partial charge in [-0.1, -0.05) is 78.9 Å². The lowest BCUT2D eigenvalue weighted by Crippen LogP contribution is -2.21. The van der Waals surface area contributed by atoms with Gasteiger partial charge in [0, 0.05) is 17.0 Å². The van der Waals surface area contributed by atoms with Crippen LogP contribution in [0.4, 0.5) is 13.2 Å². The van der Waals surface area contributed by atoms with Crippen molar-refractivity contribution in [3.05, 3.63) is 96.4 Å². The van der Waals surface area contributed by atoms with E-state index in [0.29, 0.717) is 10.6 Å². The Morgan fingerprint density at radius 2 is 1.20 bits per heavy atom. The maximum absolute atomic E-state index is 12.9. The second-order valence-corrected chi connectivity index (χ2v) is 10.6. The van der Waals surface area contributed by atoms with Crippen molar-refractivity contribution in [1.29, 1.82) is 0 Å². The Balaban J connectivity index is 0.000000371. The summed E-state index contributed by atoms with van der Waals surface area (Å²) in [5.41, 5.74) is -2.13. The minimum absolute atomic E-state index is 0.158. The highest BCUT2D eigenvalue weighted by Gasteiger charge is 2.44. The van der Waals surface area contributed by atoms with Crippen LogP contribution >= 0.6 is 11.3 Å². The first-order chi connectivity index (χ1) is 16.4. The van der Waals surface area contributed by atoms with E-state index in [1.54, 1.807) is 24.3 Å². The molecule has 0 saturated carbocycles. The fourth-order valence-electron chi connectivity index (χ4n) is 2.84. The number of alkyl halides is 3. The van der Waals surface area contributed by atoms with Crippen molar-refractivity contribution in [3.63, 3.8) is 0 Å². The lowest BCUT2D eigenvalue weighted by atomic mass is 10.1. The van der Waals surface area contributed by atoms with Crippen LogP contribution in [0.3, 0.4) is 0 Å². The molecule has 0 radical (unpaired) electrons. The van der Waals surface area contributed by atoms with E-state index in [2.05, 4.69) is 0 Å². The average Bonchev–Trinajstić information content (AvgIpc) is 3.27. The molecule has 3 aromatic carbocycles. The maximum atomic E-state index is 12.9. The highest BCUT2D eigenvalue weighted by atomic mass is 32.2. The first-order valence-corrected chi connectivity index (χ1v) is 13.4. The Morgan fingerprint density at radius 1 is 0.714 bits per heavy atom. The van der Waals surface area contributed by atoms with E-state index in [4.69, 9.17) is 17.2 Å². The van der Waals surface area contributed by atoms with E-state index in [9.17, 15) is 21.6 Å². The van der Waals surface area contributed by atoms with Gasteiger partial charge in [-0.15, -0.1) is 11.3 Å². The summed E-state index contributed by atoms with van der Waals surface area (Å²) < 4.78 is 88.8. The van der Waals surface area contributed by atoms with Crippen molar-refractivity contribution >= 4 is 31.6 Å². The van der Waals surface area contributed by atoms with Gasteiger partial charge in [0.2, 0.25) is 0 Å². The molecule has 0 aliphatic carbocycles. The number of hydrogen-bond donors (Lipinski definition) is 1. The molecule has 4 aromatic rings. The Bertz CT molecular complexity index is 1480. The van der Waals surface area contributed by atoms with Gasteiger partial charge in [-0.3, -0.25) is 4.55 Å². The van der Waals surface area contributed by atoms with Crippen molar-refractivity contribution in [2.24, 2.45) is 0 Å². The van der Waals surface area contributed by atoms with Gasteiger partial charge in [-0.2, -0.15) is 30.0 Å². The van der Waals surface area contributed by atoms with E-state index in [-0.39, 0.29) is 4.90 Å². The zero-order valence-electron chi connectivity index (χ0n) is 17.6. The molecule has 0 fully saturated rings. The molecule has 0 aliphatic rings. The van der Waals surface area contributed by atoms with Crippen molar-refractivity contribution in [2.45, 2.75) is 10.4 Å². The lowest BCUT2D eigenvalue weighted by Gasteiger charge is -2.10. The highest BCUT2D eigenvalue weighted by Crippen LogP contribution is 2.34. The number of hydrogen-bond acceptors (Lipinski definition) is 6. The Hall–Kier alpha value is -3.19. The quantitative estimate of drug-likeness (QED) is 0.182. The highest BCUT2D eigenvalue weighted by molar-refractivity contribution is 7.87. The minimum Gasteiger partial charge on any atom is -0.368 e. The molecule has 0 aliphatic heterocycles. The zero-order chi connectivity index (χ0) is 25.7. The summed E-state index contributed by atoms with van der Waals surface area (Å²) in [5.74, 6) is 0. The second kappa shape index (κ2) is 10.6. The summed E-state index contributed by atoms with van der Waals surface area (Å²) in [6.45, 7) is 0. The molecule has 0 atom stereocenters. The predicted molar refractivity (Wildman–Crippen MR) is 127 cm³/mol. The summed E-state index contributed by atoms with van der Waals surface area (Å²) in [4.78, 5) is 0.158. The lowest BCUT2D eigenvalue weighted by molar-refractivity contribution is -0.0510. The van der Waals surface area contributed by atoms with Crippen LogP contribution in [-0.4, -0.2) is 26.9 Å². The van der Waals surface area contributed by atoms with E-state index in [0.717, 1.165) is 16.7 Å². The third kappa shape index (κ3) is 6.92. The summed E-state index contributed by atoms with van der Waals surface area (Å²) in [6, 6.07) is 27.8. The molecule has 6 nitrogen and oxygen atoms in total. The molecule has 35 heavy (non-hydrogen) atoms. The van der Waals surface area contributed by atoms with Crippen LogP contribution in [0.25, 0.3) is 22.3 Å². The van der Waals surface area contributed by atoms with Gasteiger partial charge in [-0.25, -0.2) is 0 Å². The Labute approximate surface area is 204 Å². The fourth-order valence-corrected chi connectivity index (χ4v) is 4.96. The van der Waals surface area contributed by atoms with Gasteiger partial charge in [0.05, 0.1) is 0 Å². The molecule has 0 saturated heterocycles. The molecule has 1 heterocycles. The minimum atomic E-state index is -5.84. The summed E-state index contributed by atoms with van der Waals surface area (Å²) >= 11 is 1.27. The molecule has 1 aromatic heterocycles. The van der Waals surface area contributed by atoms with Gasteiger partial charge in [-0.05, 0) is 22.8 Å². The van der Waals surface area contributed by atoms with Crippen molar-refractivity contribution < 1.29 is 38.7 Å². The Kier molecular flexibility index (Phi) is 8.00. The van der Waals surface area contributed by atoms with Gasteiger partial charge >= 0.3 is 25.7 Å². The average molecular weight is 543 g/mol. The monoisotopic (exact) mass is 542 g/mol. The molecule has 12 heteroatoms. The standard InChI is InChI=1S/C22H16O3S2.CHF3O3S/c23-27(24,21-14-8-7-13-20(21)18-11-5-2-6-12-18)25-22-15-19(16-26-22)17-9-3-1-4-10-17;2-1(3,4)8(5,6)7/h1-16H;(H,5,6,7). The molecule has 4 rings (SSSR count). The van der Waals surface area contributed by atoms with Gasteiger partial charge in [0.25, 0.3) is 0 Å². The van der Waals surface area contributed by atoms with Gasteiger partial charge in [0.1, 0.15) is 4.90 Å². The van der Waals surface area contributed by atoms with E-state index in [1.807, 2.05) is 72.1 Å². The van der Waals surface area contributed by atoms with E-state index in [1.165, 1.54) is 11.3 Å². The topological polar surface area (TPSA) is 97.7 Å². The number of halogens is 3. The van der Waals surface area contributed by atoms with Crippen molar-refractivity contribution in [1.82, 2.24) is 0 Å². The third-order valence-electron chi connectivity index (χ3n) is 4.41. The predicted octanol–water partition coefficient (Wildman–Crippen LogP) is 6.24. The first kappa shape index (κ1) is 26.4. The fraction of sp³-hybridized carbons (Fsp3) is 0.0435. The molecule has 1 N–H and O–H groups in total. The Morgan fingerprint density at radius 3 is 1.74 bits per heavy atom. The van der Waals surface area contributed by atoms with Crippen LogP contribution in [0.5, 0.6) is 5.06 Å². The molecule has 0 spiro atoms. The van der Waals surface area contributed by atoms with Gasteiger partial charge < -0.3 is 4.18 Å². The van der Waals surface area contributed by atoms with Crippen LogP contribution < -0.4 is 4.18 Å². The first-order valence-electron chi connectivity index (χ1n) is 9.65. The number of benzene rings is 3. The largest absolute Gasteiger partial charge is 0.522 e. The summed E-state index contributed by atoms with van der Waals surface area (Å²) in [7, 11) is -9.79. The molecular formula is C23H17F3O6S3. The molecule has 184 valence electrons. The number of rotatable bonds is 5. The van der Waals surface area contributed by atoms with Gasteiger partial charge in [0.15, 0.2) is 5.06 Å². The second-order valence-electron chi connectivity index (χ2n) is 6.84. The molecule has 0 bridgehead atoms. The molecule has 0 amide bonds. The van der Waals surface area contributed by atoms with Crippen LogP contribution in [0.15, 0.2) is 101 Å². The molecular weight excluding hydrogens is 525 g/mol. The number of thiophene rings is 1. The zero-order valence-corrected chi connectivity index (χ0v) is 20.0. The van der Waals surface area contributed by atoms with Crippen molar-refractivity contribution in [3.8, 4) is 27.3 Å².